The molecule has 1 atom stereocenters. The van der Waals surface area contributed by atoms with Crippen LogP contribution in [0.4, 0.5) is 10.1 Å². The van der Waals surface area contributed by atoms with Crippen molar-refractivity contribution in [2.24, 2.45) is 5.41 Å². The lowest BCUT2D eigenvalue weighted by Crippen LogP contribution is -2.24. The fourth-order valence-corrected chi connectivity index (χ4v) is 5.34. The Balaban J connectivity index is 1.72. The largest absolute Gasteiger partial charge is 0.283 e. The molecule has 1 N–H and O–H groups in total. The van der Waals surface area contributed by atoms with Gasteiger partial charge in [-0.05, 0) is 48.9 Å². The summed E-state index contributed by atoms with van der Waals surface area (Å²) < 4.78 is 40.0. The number of benzene rings is 1. The second-order valence-electron chi connectivity index (χ2n) is 5.77. The quantitative estimate of drug-likeness (QED) is 0.925. The fraction of sp³-hybridized carbons (Fsp3) is 0.571. The van der Waals surface area contributed by atoms with Gasteiger partial charge in [-0.3, -0.25) is 4.72 Å². The molecule has 5 heteroatoms. The number of hydrogen-bond acceptors (Lipinski definition) is 2. The molecule has 2 aliphatic carbocycles. The summed E-state index contributed by atoms with van der Waals surface area (Å²) in [6, 6.07) is 5.45. The molecule has 1 aromatic rings. The Morgan fingerprint density at radius 2 is 1.74 bits per heavy atom. The second-order valence-corrected chi connectivity index (χ2v) is 7.63. The van der Waals surface area contributed by atoms with Crippen LogP contribution in [-0.2, 0) is 10.0 Å². The van der Waals surface area contributed by atoms with Crippen molar-refractivity contribution in [1.82, 2.24) is 0 Å². The molecule has 0 aliphatic heterocycles. The van der Waals surface area contributed by atoms with Crippen molar-refractivity contribution in [3.63, 3.8) is 0 Å². The van der Waals surface area contributed by atoms with Crippen LogP contribution in [0, 0.1) is 11.2 Å². The highest BCUT2D eigenvalue weighted by atomic mass is 32.2. The van der Waals surface area contributed by atoms with E-state index in [1.807, 2.05) is 0 Å². The Kier molecular flexibility index (Phi) is 3.04. The molecule has 1 spiro atoms. The Bertz CT molecular complexity index is 562. The van der Waals surface area contributed by atoms with Crippen LogP contribution in [0.5, 0.6) is 0 Å². The van der Waals surface area contributed by atoms with Crippen molar-refractivity contribution in [3.05, 3.63) is 30.1 Å². The first-order valence-corrected chi connectivity index (χ1v) is 8.34. The summed E-state index contributed by atoms with van der Waals surface area (Å²) in [5.41, 5.74) is 0.476. The molecule has 2 aliphatic rings. The minimum atomic E-state index is -3.33. The minimum Gasteiger partial charge on any atom is -0.283 e. The summed E-state index contributed by atoms with van der Waals surface area (Å²) in [4.78, 5) is 0. The number of halogens is 1. The number of anilines is 1. The predicted octanol–water partition coefficient (Wildman–Crippen LogP) is 3.29. The average Bonchev–Trinajstić information content (AvgIpc) is 3.08. The van der Waals surface area contributed by atoms with E-state index in [9.17, 15) is 12.8 Å². The molecule has 0 bridgehead atoms. The van der Waals surface area contributed by atoms with Crippen molar-refractivity contribution in [2.45, 2.75) is 43.8 Å². The molecule has 0 amide bonds. The van der Waals surface area contributed by atoms with Gasteiger partial charge in [0.1, 0.15) is 5.82 Å². The lowest BCUT2D eigenvalue weighted by Gasteiger charge is -2.22. The SMILES string of the molecule is O=S(=O)(Nc1ccc(F)cc1)C1CC12CCCCC2. The molecule has 0 heterocycles. The van der Waals surface area contributed by atoms with Crippen LogP contribution in [0.15, 0.2) is 24.3 Å². The zero-order chi connectivity index (χ0) is 13.5. The Labute approximate surface area is 113 Å². The molecule has 104 valence electrons. The van der Waals surface area contributed by atoms with E-state index in [4.69, 9.17) is 0 Å². The summed E-state index contributed by atoms with van der Waals surface area (Å²) in [5, 5.41) is -0.259. The van der Waals surface area contributed by atoms with Crippen LogP contribution >= 0.6 is 0 Å². The van der Waals surface area contributed by atoms with Gasteiger partial charge in [0.05, 0.1) is 5.25 Å². The summed E-state index contributed by atoms with van der Waals surface area (Å²) in [5.74, 6) is -0.363. The molecular formula is C14H18FNO2S. The Morgan fingerprint density at radius 1 is 1.11 bits per heavy atom. The maximum Gasteiger partial charge on any atom is 0.236 e. The van der Waals surface area contributed by atoms with Crippen LogP contribution in [0.25, 0.3) is 0 Å². The van der Waals surface area contributed by atoms with Crippen LogP contribution in [0.2, 0.25) is 0 Å². The summed E-state index contributed by atoms with van der Waals surface area (Å²) >= 11 is 0. The molecule has 1 unspecified atom stereocenters. The number of nitrogens with one attached hydrogen (secondary N) is 1. The van der Waals surface area contributed by atoms with Gasteiger partial charge in [0.2, 0.25) is 10.0 Å². The van der Waals surface area contributed by atoms with Crippen molar-refractivity contribution in [2.75, 3.05) is 4.72 Å². The lowest BCUT2D eigenvalue weighted by atomic mass is 9.86. The molecule has 3 rings (SSSR count). The highest BCUT2D eigenvalue weighted by Gasteiger charge is 2.60. The number of rotatable bonds is 3. The van der Waals surface area contributed by atoms with Gasteiger partial charge in [-0.1, -0.05) is 19.3 Å². The first kappa shape index (κ1) is 12.9. The van der Waals surface area contributed by atoms with E-state index >= 15 is 0 Å². The van der Waals surface area contributed by atoms with Gasteiger partial charge < -0.3 is 0 Å². The standard InChI is InChI=1S/C14H18FNO2S/c15-11-4-6-12(7-5-11)16-19(17,18)13-10-14(13)8-2-1-3-9-14/h4-7,13,16H,1-3,8-10H2. The maximum atomic E-state index is 12.8. The van der Waals surface area contributed by atoms with Crippen molar-refractivity contribution < 1.29 is 12.8 Å². The molecule has 2 saturated carbocycles. The van der Waals surface area contributed by atoms with E-state index in [1.165, 1.54) is 30.7 Å². The van der Waals surface area contributed by atoms with Gasteiger partial charge in [0, 0.05) is 5.69 Å². The van der Waals surface area contributed by atoms with Crippen molar-refractivity contribution in [3.8, 4) is 0 Å². The maximum absolute atomic E-state index is 12.8. The van der Waals surface area contributed by atoms with Gasteiger partial charge >= 0.3 is 0 Å². The lowest BCUT2D eigenvalue weighted by molar-refractivity contribution is 0.337. The number of sulfonamides is 1. The molecule has 0 aromatic heterocycles. The predicted molar refractivity (Wildman–Crippen MR) is 72.9 cm³/mol. The van der Waals surface area contributed by atoms with Gasteiger partial charge in [0.25, 0.3) is 0 Å². The highest BCUT2D eigenvalue weighted by Crippen LogP contribution is 2.59. The van der Waals surface area contributed by atoms with Crippen molar-refractivity contribution >= 4 is 15.7 Å². The summed E-state index contributed by atoms with van der Waals surface area (Å²) in [6.07, 6.45) is 6.35. The average molecular weight is 283 g/mol. The van der Waals surface area contributed by atoms with E-state index in [-0.39, 0.29) is 16.5 Å². The van der Waals surface area contributed by atoms with Crippen LogP contribution in [-0.4, -0.2) is 13.7 Å². The molecule has 1 aromatic carbocycles. The van der Waals surface area contributed by atoms with Crippen molar-refractivity contribution in [1.29, 1.82) is 0 Å². The smallest absolute Gasteiger partial charge is 0.236 e. The summed E-state index contributed by atoms with van der Waals surface area (Å²) in [6.45, 7) is 0. The van der Waals surface area contributed by atoms with Crippen LogP contribution < -0.4 is 4.72 Å². The second kappa shape index (κ2) is 4.47. The third-order valence-electron chi connectivity index (χ3n) is 4.44. The zero-order valence-corrected chi connectivity index (χ0v) is 11.5. The molecule has 0 radical (unpaired) electrons. The fourth-order valence-electron chi connectivity index (χ4n) is 3.28. The summed E-state index contributed by atoms with van der Waals surface area (Å²) in [7, 11) is -3.33. The Morgan fingerprint density at radius 3 is 2.37 bits per heavy atom. The third-order valence-corrected chi connectivity index (χ3v) is 6.38. The molecule has 19 heavy (non-hydrogen) atoms. The highest BCUT2D eigenvalue weighted by molar-refractivity contribution is 7.93. The van der Waals surface area contributed by atoms with Gasteiger partial charge in [-0.15, -0.1) is 0 Å². The van der Waals surface area contributed by atoms with E-state index < -0.39 is 10.0 Å². The monoisotopic (exact) mass is 283 g/mol. The third kappa shape index (κ3) is 2.48. The number of hydrogen-bond donors (Lipinski definition) is 1. The van der Waals surface area contributed by atoms with Gasteiger partial charge in [0.15, 0.2) is 0 Å². The molecule has 0 saturated heterocycles. The van der Waals surface area contributed by atoms with E-state index in [0.29, 0.717) is 5.69 Å². The molecule has 3 nitrogen and oxygen atoms in total. The first-order chi connectivity index (χ1) is 9.02. The van der Waals surface area contributed by atoms with E-state index in [0.717, 1.165) is 32.1 Å². The minimum absolute atomic E-state index is 0.0319. The first-order valence-electron chi connectivity index (χ1n) is 6.79. The van der Waals surface area contributed by atoms with Crippen LogP contribution in [0.3, 0.4) is 0 Å². The van der Waals surface area contributed by atoms with Gasteiger partial charge in [-0.2, -0.15) is 0 Å². The van der Waals surface area contributed by atoms with Crippen LogP contribution in [0.1, 0.15) is 38.5 Å². The van der Waals surface area contributed by atoms with E-state index in [2.05, 4.69) is 4.72 Å². The molecule has 2 fully saturated rings. The van der Waals surface area contributed by atoms with Gasteiger partial charge in [-0.25, -0.2) is 12.8 Å². The topological polar surface area (TPSA) is 46.2 Å². The molecular weight excluding hydrogens is 265 g/mol. The normalized spacial score (nSPS) is 25.2. The van der Waals surface area contributed by atoms with E-state index in [1.54, 1.807) is 0 Å². The zero-order valence-electron chi connectivity index (χ0n) is 10.7. The Hall–Kier alpha value is -1.10.